The molecule has 1 atom stereocenters. The van der Waals surface area contributed by atoms with Gasteiger partial charge in [0, 0.05) is 25.4 Å². The molecule has 4 nitrogen and oxygen atoms in total. The molecule has 1 saturated heterocycles. The van der Waals surface area contributed by atoms with Crippen LogP contribution in [0.3, 0.4) is 0 Å². The molecule has 2 rings (SSSR count). The molecule has 0 spiro atoms. The van der Waals surface area contributed by atoms with Crippen LogP contribution in [0.25, 0.3) is 0 Å². The minimum atomic E-state index is -4.52. The number of piperidine rings is 1. The lowest BCUT2D eigenvalue weighted by Gasteiger charge is -2.32. The summed E-state index contributed by atoms with van der Waals surface area (Å²) in [5.41, 5.74) is 4.64. The Balaban J connectivity index is 2.26. The molecule has 1 fully saturated rings. The number of hydrogen-bond acceptors (Lipinski definition) is 3. The van der Waals surface area contributed by atoms with E-state index in [4.69, 9.17) is 10.8 Å². The molecule has 0 radical (unpaired) electrons. The molecule has 3 N–H and O–H groups in total. The summed E-state index contributed by atoms with van der Waals surface area (Å²) in [6.07, 6.45) is -2.99. The van der Waals surface area contributed by atoms with Gasteiger partial charge >= 0.3 is 6.18 Å². The summed E-state index contributed by atoms with van der Waals surface area (Å²) in [5, 5.41) is 9.16. The van der Waals surface area contributed by atoms with Crippen LogP contribution >= 0.6 is 0 Å². The third-order valence-corrected chi connectivity index (χ3v) is 3.68. The Morgan fingerprint density at radius 2 is 2.14 bits per heavy atom. The highest BCUT2D eigenvalue weighted by molar-refractivity contribution is 5.99. The van der Waals surface area contributed by atoms with Crippen LogP contribution in [0.5, 0.6) is 0 Å². The van der Waals surface area contributed by atoms with Crippen molar-refractivity contribution in [2.24, 2.45) is 5.92 Å². The van der Waals surface area contributed by atoms with Crippen molar-refractivity contribution in [2.45, 2.75) is 19.0 Å². The molecule has 0 aliphatic carbocycles. The van der Waals surface area contributed by atoms with Crippen molar-refractivity contribution in [1.82, 2.24) is 4.90 Å². The predicted octanol–water partition coefficient (Wildman–Crippen LogP) is 2.13. The van der Waals surface area contributed by atoms with Gasteiger partial charge in [0.1, 0.15) is 0 Å². The van der Waals surface area contributed by atoms with Crippen LogP contribution in [-0.4, -0.2) is 35.6 Å². The van der Waals surface area contributed by atoms with Gasteiger partial charge < -0.3 is 15.7 Å². The summed E-state index contributed by atoms with van der Waals surface area (Å²) in [4.78, 5) is 13.8. The maximum atomic E-state index is 12.7. The summed E-state index contributed by atoms with van der Waals surface area (Å²) < 4.78 is 38.2. The number of benzene rings is 1. The highest BCUT2D eigenvalue weighted by Gasteiger charge is 2.32. The van der Waals surface area contributed by atoms with E-state index in [9.17, 15) is 18.0 Å². The van der Waals surface area contributed by atoms with Gasteiger partial charge in [0.25, 0.3) is 5.91 Å². The maximum absolute atomic E-state index is 12.7. The van der Waals surface area contributed by atoms with E-state index in [0.29, 0.717) is 13.1 Å². The van der Waals surface area contributed by atoms with Crippen molar-refractivity contribution >= 4 is 11.6 Å². The Bertz CT molecular complexity index is 531. The van der Waals surface area contributed by atoms with Crippen LogP contribution < -0.4 is 5.73 Å². The number of alkyl halides is 3. The standard InChI is InChI=1S/C14H17F3N2O2/c15-14(16,17)10-3-4-12(18)11(6-10)13(21)19-5-1-2-9(7-19)8-20/h3-4,6,9,20H,1-2,5,7-8,18H2. The Hall–Kier alpha value is -1.76. The van der Waals surface area contributed by atoms with E-state index in [-0.39, 0.29) is 23.8 Å². The molecule has 0 bridgehead atoms. The van der Waals surface area contributed by atoms with E-state index in [1.54, 1.807) is 0 Å². The number of carbonyl (C=O) groups excluding carboxylic acids is 1. The Morgan fingerprint density at radius 1 is 1.43 bits per heavy atom. The van der Waals surface area contributed by atoms with E-state index in [1.165, 1.54) is 4.90 Å². The fourth-order valence-electron chi connectivity index (χ4n) is 2.49. The number of nitrogens with two attached hydrogens (primary N) is 1. The van der Waals surface area contributed by atoms with Gasteiger partial charge in [-0.05, 0) is 37.0 Å². The first-order valence-electron chi connectivity index (χ1n) is 6.69. The van der Waals surface area contributed by atoms with Crippen LogP contribution in [0.2, 0.25) is 0 Å². The lowest BCUT2D eigenvalue weighted by Crippen LogP contribution is -2.41. The molecule has 116 valence electrons. The fourth-order valence-corrected chi connectivity index (χ4v) is 2.49. The van der Waals surface area contributed by atoms with Gasteiger partial charge in [-0.25, -0.2) is 0 Å². The topological polar surface area (TPSA) is 66.6 Å². The predicted molar refractivity (Wildman–Crippen MR) is 71.6 cm³/mol. The SMILES string of the molecule is Nc1ccc(C(F)(F)F)cc1C(=O)N1CCCC(CO)C1. The number of aliphatic hydroxyl groups excluding tert-OH is 1. The molecule has 1 unspecified atom stereocenters. The van der Waals surface area contributed by atoms with Gasteiger partial charge in [0.05, 0.1) is 11.1 Å². The van der Waals surface area contributed by atoms with Crippen molar-refractivity contribution in [2.75, 3.05) is 25.4 Å². The molecule has 1 aliphatic heterocycles. The molecule has 0 aromatic heterocycles. The third kappa shape index (κ3) is 3.47. The highest BCUT2D eigenvalue weighted by atomic mass is 19.4. The Morgan fingerprint density at radius 3 is 2.76 bits per heavy atom. The van der Waals surface area contributed by atoms with Gasteiger partial charge in [-0.2, -0.15) is 13.2 Å². The summed E-state index contributed by atoms with van der Waals surface area (Å²) in [6, 6.07) is 2.75. The molecule has 21 heavy (non-hydrogen) atoms. The largest absolute Gasteiger partial charge is 0.416 e. The number of aliphatic hydroxyl groups is 1. The second-order valence-corrected chi connectivity index (χ2v) is 5.24. The zero-order valence-electron chi connectivity index (χ0n) is 11.4. The van der Waals surface area contributed by atoms with Gasteiger partial charge in [-0.1, -0.05) is 0 Å². The second kappa shape index (κ2) is 5.93. The molecule has 1 heterocycles. The van der Waals surface area contributed by atoms with Crippen molar-refractivity contribution in [3.63, 3.8) is 0 Å². The smallest absolute Gasteiger partial charge is 0.398 e. The zero-order valence-corrected chi connectivity index (χ0v) is 11.4. The van der Waals surface area contributed by atoms with Gasteiger partial charge in [0.15, 0.2) is 0 Å². The first kappa shape index (κ1) is 15.6. The van der Waals surface area contributed by atoms with E-state index in [0.717, 1.165) is 31.0 Å². The van der Waals surface area contributed by atoms with E-state index in [1.807, 2.05) is 0 Å². The summed E-state index contributed by atoms with van der Waals surface area (Å²) in [6.45, 7) is 0.762. The monoisotopic (exact) mass is 302 g/mol. The van der Waals surface area contributed by atoms with Crippen LogP contribution in [0.15, 0.2) is 18.2 Å². The summed E-state index contributed by atoms with van der Waals surface area (Å²) >= 11 is 0. The van der Waals surface area contributed by atoms with E-state index in [2.05, 4.69) is 0 Å². The molecule has 7 heteroatoms. The van der Waals surface area contributed by atoms with Crippen LogP contribution in [0, 0.1) is 5.92 Å². The molecule has 1 aromatic rings. The number of nitrogen functional groups attached to an aromatic ring is 1. The van der Waals surface area contributed by atoms with Gasteiger partial charge in [-0.15, -0.1) is 0 Å². The Labute approximate surface area is 120 Å². The average molecular weight is 302 g/mol. The molecule has 1 amide bonds. The minimum Gasteiger partial charge on any atom is -0.398 e. The van der Waals surface area contributed by atoms with Crippen LogP contribution in [0.4, 0.5) is 18.9 Å². The van der Waals surface area contributed by atoms with Crippen molar-refractivity contribution in [3.05, 3.63) is 29.3 Å². The number of nitrogens with zero attached hydrogens (tertiary/aromatic N) is 1. The van der Waals surface area contributed by atoms with E-state index >= 15 is 0 Å². The zero-order chi connectivity index (χ0) is 15.6. The molecular weight excluding hydrogens is 285 g/mol. The first-order chi connectivity index (χ1) is 9.82. The number of carbonyl (C=O) groups is 1. The second-order valence-electron chi connectivity index (χ2n) is 5.24. The molecular formula is C14H17F3N2O2. The molecule has 1 aromatic carbocycles. The summed E-state index contributed by atoms with van der Waals surface area (Å²) in [7, 11) is 0. The van der Waals surface area contributed by atoms with Crippen molar-refractivity contribution < 1.29 is 23.1 Å². The fraction of sp³-hybridized carbons (Fsp3) is 0.500. The summed E-state index contributed by atoms with van der Waals surface area (Å²) in [5.74, 6) is -0.550. The average Bonchev–Trinajstić information content (AvgIpc) is 2.46. The van der Waals surface area contributed by atoms with Gasteiger partial charge in [0.2, 0.25) is 0 Å². The minimum absolute atomic E-state index is 0.0270. The van der Waals surface area contributed by atoms with Crippen LogP contribution in [-0.2, 0) is 6.18 Å². The quantitative estimate of drug-likeness (QED) is 0.823. The maximum Gasteiger partial charge on any atom is 0.416 e. The normalized spacial score (nSPS) is 19.6. The molecule has 0 saturated carbocycles. The number of rotatable bonds is 2. The Kier molecular flexibility index (Phi) is 4.41. The number of likely N-dealkylation sites (tertiary alicyclic amines) is 1. The van der Waals surface area contributed by atoms with Gasteiger partial charge in [-0.3, -0.25) is 4.79 Å². The first-order valence-corrected chi connectivity index (χ1v) is 6.69. The number of anilines is 1. The molecule has 1 aliphatic rings. The third-order valence-electron chi connectivity index (χ3n) is 3.68. The lowest BCUT2D eigenvalue weighted by atomic mass is 9.97. The van der Waals surface area contributed by atoms with E-state index < -0.39 is 17.6 Å². The number of hydrogen-bond donors (Lipinski definition) is 2. The van der Waals surface area contributed by atoms with Crippen molar-refractivity contribution in [3.8, 4) is 0 Å². The van der Waals surface area contributed by atoms with Crippen LogP contribution in [0.1, 0.15) is 28.8 Å². The number of amides is 1. The lowest BCUT2D eigenvalue weighted by molar-refractivity contribution is -0.137. The highest BCUT2D eigenvalue weighted by Crippen LogP contribution is 2.32. The number of halogens is 3. The van der Waals surface area contributed by atoms with Crippen molar-refractivity contribution in [1.29, 1.82) is 0 Å².